The van der Waals surface area contributed by atoms with Gasteiger partial charge in [-0.25, -0.2) is 0 Å². The van der Waals surface area contributed by atoms with E-state index in [4.69, 9.17) is 4.43 Å². The molecule has 0 aromatic heterocycles. The smallest absolute Gasteiger partial charge is 0.183 e. The van der Waals surface area contributed by atoms with Gasteiger partial charge in [-0.2, -0.15) is 0 Å². The summed E-state index contributed by atoms with van der Waals surface area (Å²) in [5, 5.41) is 4.07. The Morgan fingerprint density at radius 3 is 1.56 bits per heavy atom. The maximum Gasteiger partial charge on any atom is 0.183 e. The highest BCUT2D eigenvalue weighted by Gasteiger charge is 2.63. The van der Waals surface area contributed by atoms with Gasteiger partial charge < -0.3 is 9.85 Å². The highest BCUT2D eigenvalue weighted by molar-refractivity contribution is 7.68. The van der Waals surface area contributed by atoms with Gasteiger partial charge in [0.05, 0.1) is 20.9 Å². The minimum absolute atomic E-state index is 0.110. The molecule has 1 unspecified atom stereocenters. The standard InChI is InChI=1S/C20H44N2OSi4/c1-20(2,3)19(23-24(4,5)6)27(25(7,8)9,26(10,11)12)22-21-18-16-14-13-15-17-18/h13-17,19,21-22H,1-12H3. The van der Waals surface area contributed by atoms with Crippen molar-refractivity contribution in [3.8, 4) is 0 Å². The molecule has 1 rings (SSSR count). The number of nitrogens with one attached hydrogen (secondary N) is 2. The molecule has 0 fully saturated rings. The van der Waals surface area contributed by atoms with E-state index in [2.05, 4.69) is 121 Å². The number of hydrogen-bond acceptors (Lipinski definition) is 3. The van der Waals surface area contributed by atoms with Gasteiger partial charge in [0.15, 0.2) is 15.6 Å². The Bertz CT molecular complexity index is 582. The van der Waals surface area contributed by atoms with Crippen LogP contribution in [0, 0.1) is 5.41 Å². The molecule has 0 amide bonds. The van der Waals surface area contributed by atoms with Gasteiger partial charge in [-0.1, -0.05) is 78.3 Å². The Labute approximate surface area is 172 Å². The van der Waals surface area contributed by atoms with Crippen molar-refractivity contribution < 1.29 is 4.43 Å². The predicted molar refractivity (Wildman–Crippen MR) is 133 cm³/mol. The summed E-state index contributed by atoms with van der Waals surface area (Å²) in [7, 11) is -6.87. The van der Waals surface area contributed by atoms with Crippen molar-refractivity contribution in [2.45, 2.75) is 85.4 Å². The van der Waals surface area contributed by atoms with Crippen LogP contribution in [-0.4, -0.2) is 36.5 Å². The monoisotopic (exact) mass is 440 g/mol. The largest absolute Gasteiger partial charge is 0.416 e. The fraction of sp³-hybridized carbons (Fsp3) is 0.700. The van der Waals surface area contributed by atoms with E-state index in [1.807, 2.05) is 0 Å². The Morgan fingerprint density at radius 1 is 0.778 bits per heavy atom. The molecule has 0 radical (unpaired) electrons. The molecule has 0 aliphatic rings. The molecule has 27 heavy (non-hydrogen) atoms. The van der Waals surface area contributed by atoms with Crippen LogP contribution in [0.4, 0.5) is 5.69 Å². The molecule has 0 aliphatic carbocycles. The van der Waals surface area contributed by atoms with Gasteiger partial charge in [-0.15, -0.1) is 0 Å². The quantitative estimate of drug-likeness (QED) is 0.373. The molecule has 0 heterocycles. The predicted octanol–water partition coefficient (Wildman–Crippen LogP) is 6.19. The second kappa shape index (κ2) is 8.28. The van der Waals surface area contributed by atoms with Crippen molar-refractivity contribution in [2.75, 3.05) is 5.43 Å². The third-order valence-electron chi connectivity index (χ3n) is 5.20. The lowest BCUT2D eigenvalue weighted by molar-refractivity contribution is 0.142. The molecule has 0 aliphatic heterocycles. The third kappa shape index (κ3) is 6.14. The van der Waals surface area contributed by atoms with Gasteiger partial charge in [0, 0.05) is 5.69 Å². The number of anilines is 1. The van der Waals surface area contributed by atoms with Gasteiger partial charge >= 0.3 is 0 Å². The van der Waals surface area contributed by atoms with Crippen LogP contribution in [0.25, 0.3) is 0 Å². The van der Waals surface area contributed by atoms with Crippen LogP contribution in [-0.2, 0) is 4.43 Å². The highest BCUT2D eigenvalue weighted by atomic mass is 29.6. The first kappa shape index (κ1) is 24.8. The molecular weight excluding hydrogens is 397 g/mol. The van der Waals surface area contributed by atoms with Gasteiger partial charge in [-0.05, 0) is 37.2 Å². The molecule has 1 aromatic carbocycles. The second-order valence-electron chi connectivity index (χ2n) is 11.9. The first-order valence-corrected chi connectivity index (χ1v) is 24.7. The first-order valence-electron chi connectivity index (χ1n) is 10.2. The van der Waals surface area contributed by atoms with Crippen molar-refractivity contribution in [1.29, 1.82) is 0 Å². The molecule has 0 saturated carbocycles. The summed E-state index contributed by atoms with van der Waals surface area (Å²) >= 11 is 0. The number of para-hydroxylation sites is 1. The van der Waals surface area contributed by atoms with Gasteiger partial charge in [0.2, 0.25) is 0 Å². The van der Waals surface area contributed by atoms with Crippen LogP contribution >= 0.6 is 0 Å². The topological polar surface area (TPSA) is 33.3 Å². The summed E-state index contributed by atoms with van der Waals surface area (Å²) < 4.78 is 7.08. The van der Waals surface area contributed by atoms with E-state index in [0.29, 0.717) is 5.73 Å². The van der Waals surface area contributed by atoms with E-state index >= 15 is 0 Å². The van der Waals surface area contributed by atoms with E-state index in [-0.39, 0.29) is 5.41 Å². The van der Waals surface area contributed by atoms with Gasteiger partial charge in [-0.3, -0.25) is 5.09 Å². The number of hydrogen-bond donors (Lipinski definition) is 2. The molecule has 1 atom stereocenters. The Balaban J connectivity index is 3.57. The zero-order valence-electron chi connectivity index (χ0n) is 19.9. The van der Waals surface area contributed by atoms with Crippen LogP contribution in [0.3, 0.4) is 0 Å². The maximum absolute atomic E-state index is 7.08. The van der Waals surface area contributed by atoms with Gasteiger partial charge in [0.25, 0.3) is 0 Å². The minimum atomic E-state index is -2.03. The van der Waals surface area contributed by atoms with Crippen molar-refractivity contribution in [1.82, 2.24) is 5.09 Å². The SMILES string of the molecule is CC(C)(C)C(O[Si](C)(C)C)[Si](NNc1ccccc1)([Si](C)(C)C)[Si](C)(C)C. The van der Waals surface area contributed by atoms with E-state index in [0.717, 1.165) is 5.69 Å². The summed E-state index contributed by atoms with van der Waals surface area (Å²) in [6, 6.07) is 10.5. The van der Waals surface area contributed by atoms with E-state index < -0.39 is 30.8 Å². The normalized spacial score (nSPS) is 15.6. The Hall–Kier alpha value is -0.192. The maximum atomic E-state index is 7.08. The second-order valence-corrected chi connectivity index (χ2v) is 43.0. The molecule has 0 spiro atoms. The van der Waals surface area contributed by atoms with Crippen molar-refractivity contribution in [3.63, 3.8) is 0 Å². The van der Waals surface area contributed by atoms with Crippen LogP contribution in [0.15, 0.2) is 30.3 Å². The molecule has 3 nitrogen and oxygen atoms in total. The minimum Gasteiger partial charge on any atom is -0.416 e. The Kier molecular flexibility index (Phi) is 7.62. The lowest BCUT2D eigenvalue weighted by atomic mass is 9.98. The van der Waals surface area contributed by atoms with Gasteiger partial charge in [0.1, 0.15) is 0 Å². The molecule has 0 bridgehead atoms. The van der Waals surface area contributed by atoms with Crippen LogP contribution in [0.1, 0.15) is 20.8 Å². The summed E-state index contributed by atoms with van der Waals surface area (Å²) in [4.78, 5) is 0. The van der Waals surface area contributed by atoms with Crippen LogP contribution in [0.2, 0.25) is 58.9 Å². The zero-order valence-corrected chi connectivity index (χ0v) is 23.9. The lowest BCUT2D eigenvalue weighted by Crippen LogP contribution is -2.88. The van der Waals surface area contributed by atoms with Crippen molar-refractivity contribution in [3.05, 3.63) is 30.3 Å². The summed E-state index contributed by atoms with van der Waals surface area (Å²) in [5.41, 5.74) is 5.21. The third-order valence-corrected chi connectivity index (χ3v) is 43.4. The highest BCUT2D eigenvalue weighted by Crippen LogP contribution is 2.40. The van der Waals surface area contributed by atoms with Crippen LogP contribution < -0.4 is 10.5 Å². The summed E-state index contributed by atoms with van der Waals surface area (Å²) in [5.74, 6) is 0. The van der Waals surface area contributed by atoms with Crippen molar-refractivity contribution in [2.24, 2.45) is 5.41 Å². The van der Waals surface area contributed by atoms with E-state index in [1.54, 1.807) is 0 Å². The first-order chi connectivity index (χ1) is 11.9. The average Bonchev–Trinajstić information content (AvgIpc) is 2.42. The molecular formula is C20H44N2OSi4. The molecule has 156 valence electrons. The van der Waals surface area contributed by atoms with Crippen molar-refractivity contribution >= 4 is 36.5 Å². The summed E-state index contributed by atoms with van der Waals surface area (Å²) in [6.45, 7) is 29.5. The summed E-state index contributed by atoms with van der Waals surface area (Å²) in [6.07, 6.45) is 0. The zero-order chi connectivity index (χ0) is 21.3. The molecule has 1 aromatic rings. The Morgan fingerprint density at radius 2 is 1.22 bits per heavy atom. The van der Waals surface area contributed by atoms with E-state index in [9.17, 15) is 0 Å². The fourth-order valence-corrected chi connectivity index (χ4v) is 51.5. The van der Waals surface area contributed by atoms with E-state index in [1.165, 1.54) is 0 Å². The lowest BCUT2D eigenvalue weighted by Gasteiger charge is -2.58. The molecule has 7 heteroatoms. The molecule has 0 saturated heterocycles. The fourth-order valence-electron chi connectivity index (χ4n) is 4.31. The number of hydrazine groups is 1. The number of rotatable bonds is 8. The number of benzene rings is 1. The van der Waals surface area contributed by atoms with Crippen LogP contribution in [0.5, 0.6) is 0 Å². The average molecular weight is 441 g/mol. The molecule has 2 N–H and O–H groups in total.